The van der Waals surface area contributed by atoms with Gasteiger partial charge in [0.05, 0.1) is 5.92 Å². The van der Waals surface area contributed by atoms with Crippen LogP contribution >= 0.6 is 0 Å². The molecule has 0 N–H and O–H groups in total. The molecule has 0 saturated heterocycles. The summed E-state index contributed by atoms with van der Waals surface area (Å²) in [6.45, 7) is 5.34. The topological polar surface area (TPSA) is 26.3 Å². The van der Waals surface area contributed by atoms with Crippen molar-refractivity contribution in [3.8, 4) is 11.1 Å². The van der Waals surface area contributed by atoms with E-state index in [0.29, 0.717) is 11.1 Å². The lowest BCUT2D eigenvalue weighted by Crippen LogP contribution is -2.13. The first kappa shape index (κ1) is 15.0. The molecule has 0 aliphatic rings. The van der Waals surface area contributed by atoms with Crippen LogP contribution in [0.25, 0.3) is 11.1 Å². The van der Waals surface area contributed by atoms with Gasteiger partial charge >= 0.3 is 5.97 Å². The van der Waals surface area contributed by atoms with Crippen molar-refractivity contribution >= 4 is 5.97 Å². The number of hydrogen-bond acceptors (Lipinski definition) is 2. The van der Waals surface area contributed by atoms with Crippen LogP contribution in [0.5, 0.6) is 0 Å². The fourth-order valence-electron chi connectivity index (χ4n) is 2.05. The second-order valence-corrected chi connectivity index (χ2v) is 4.75. The molecule has 2 nitrogen and oxygen atoms in total. The Balaban J connectivity index is 2.23. The molecule has 0 amide bonds. The van der Waals surface area contributed by atoms with Gasteiger partial charge in [-0.25, -0.2) is 4.39 Å². The normalized spacial score (nSPS) is 11.7. The van der Waals surface area contributed by atoms with Crippen molar-refractivity contribution in [2.75, 3.05) is 6.61 Å². The van der Waals surface area contributed by atoms with E-state index in [1.54, 1.807) is 19.1 Å². The maximum absolute atomic E-state index is 14.2. The van der Waals surface area contributed by atoms with Gasteiger partial charge in [0.15, 0.2) is 0 Å². The summed E-state index contributed by atoms with van der Waals surface area (Å²) in [5.41, 5.74) is 1.93. The van der Waals surface area contributed by atoms with E-state index in [-0.39, 0.29) is 18.4 Å². The lowest BCUT2D eigenvalue weighted by atomic mass is 9.97. The smallest absolute Gasteiger partial charge is 0.313 e. The molecular formula is C18H17FO2. The summed E-state index contributed by atoms with van der Waals surface area (Å²) in [4.78, 5) is 11.8. The van der Waals surface area contributed by atoms with Crippen LogP contribution in [0.4, 0.5) is 4.39 Å². The summed E-state index contributed by atoms with van der Waals surface area (Å²) >= 11 is 0. The first-order valence-corrected chi connectivity index (χ1v) is 6.76. The molecule has 0 heterocycles. The number of carbonyl (C=O) groups is 1. The SMILES string of the molecule is C=CCOC(=O)[C@@H](C)c1ccc(-c2ccccc2)c(F)c1. The molecule has 0 fully saturated rings. The Bertz CT molecular complexity index is 635. The molecule has 2 rings (SSSR count). The van der Waals surface area contributed by atoms with Crippen molar-refractivity contribution in [2.24, 2.45) is 0 Å². The van der Waals surface area contributed by atoms with E-state index in [1.807, 2.05) is 30.3 Å². The molecule has 2 aromatic carbocycles. The van der Waals surface area contributed by atoms with E-state index < -0.39 is 5.92 Å². The Hall–Kier alpha value is -2.42. The van der Waals surface area contributed by atoms with Crippen molar-refractivity contribution in [3.63, 3.8) is 0 Å². The van der Waals surface area contributed by atoms with Crippen LogP contribution < -0.4 is 0 Å². The molecule has 0 spiro atoms. The third-order valence-electron chi connectivity index (χ3n) is 3.27. The molecular weight excluding hydrogens is 267 g/mol. The fraction of sp³-hybridized carbons (Fsp3) is 0.167. The summed E-state index contributed by atoms with van der Waals surface area (Å²) < 4.78 is 19.2. The number of carbonyl (C=O) groups excluding carboxylic acids is 1. The van der Waals surface area contributed by atoms with Crippen LogP contribution in [0.15, 0.2) is 61.2 Å². The predicted molar refractivity (Wildman–Crippen MR) is 81.4 cm³/mol. The van der Waals surface area contributed by atoms with Gasteiger partial charge in [0.2, 0.25) is 0 Å². The van der Waals surface area contributed by atoms with Gasteiger partial charge < -0.3 is 4.74 Å². The Morgan fingerprint density at radius 1 is 1.29 bits per heavy atom. The van der Waals surface area contributed by atoms with Gasteiger partial charge in [0, 0.05) is 5.56 Å². The van der Waals surface area contributed by atoms with E-state index in [9.17, 15) is 9.18 Å². The molecule has 0 unspecified atom stereocenters. The molecule has 2 aromatic rings. The molecule has 3 heteroatoms. The van der Waals surface area contributed by atoms with Gasteiger partial charge in [0.25, 0.3) is 0 Å². The van der Waals surface area contributed by atoms with Crippen LogP contribution in [0.1, 0.15) is 18.4 Å². The number of ether oxygens (including phenoxy) is 1. The van der Waals surface area contributed by atoms with Crippen LogP contribution in [0.2, 0.25) is 0 Å². The highest BCUT2D eigenvalue weighted by Gasteiger charge is 2.18. The lowest BCUT2D eigenvalue weighted by Gasteiger charge is -2.12. The molecule has 108 valence electrons. The zero-order chi connectivity index (χ0) is 15.2. The Morgan fingerprint density at radius 2 is 2.00 bits per heavy atom. The first-order valence-electron chi connectivity index (χ1n) is 6.76. The van der Waals surface area contributed by atoms with Crippen LogP contribution in [0.3, 0.4) is 0 Å². The Labute approximate surface area is 123 Å². The lowest BCUT2D eigenvalue weighted by molar-refractivity contribution is -0.143. The van der Waals surface area contributed by atoms with Gasteiger partial charge in [0.1, 0.15) is 12.4 Å². The zero-order valence-corrected chi connectivity index (χ0v) is 11.9. The highest BCUT2D eigenvalue weighted by atomic mass is 19.1. The largest absolute Gasteiger partial charge is 0.461 e. The summed E-state index contributed by atoms with van der Waals surface area (Å²) in [6.07, 6.45) is 1.50. The minimum atomic E-state index is -0.510. The number of rotatable bonds is 5. The predicted octanol–water partition coefficient (Wildman–Crippen LogP) is 4.33. The molecule has 21 heavy (non-hydrogen) atoms. The summed E-state index contributed by atoms with van der Waals surface area (Å²) in [5, 5.41) is 0. The summed E-state index contributed by atoms with van der Waals surface area (Å²) in [5.74, 6) is -1.24. The number of esters is 1. The number of benzene rings is 2. The molecule has 0 aromatic heterocycles. The van der Waals surface area contributed by atoms with Crippen molar-refractivity contribution < 1.29 is 13.9 Å². The van der Waals surface area contributed by atoms with Gasteiger partial charge in [-0.05, 0) is 24.1 Å². The van der Waals surface area contributed by atoms with E-state index >= 15 is 0 Å². The maximum atomic E-state index is 14.2. The second-order valence-electron chi connectivity index (χ2n) is 4.75. The van der Waals surface area contributed by atoms with E-state index in [2.05, 4.69) is 6.58 Å². The zero-order valence-electron chi connectivity index (χ0n) is 11.9. The van der Waals surface area contributed by atoms with E-state index in [1.165, 1.54) is 12.1 Å². The van der Waals surface area contributed by atoms with Crippen molar-refractivity contribution in [1.82, 2.24) is 0 Å². The fourth-order valence-corrected chi connectivity index (χ4v) is 2.05. The van der Waals surface area contributed by atoms with Crippen molar-refractivity contribution in [1.29, 1.82) is 0 Å². The second kappa shape index (κ2) is 6.84. The first-order chi connectivity index (χ1) is 10.1. The number of hydrogen-bond donors (Lipinski definition) is 0. The highest BCUT2D eigenvalue weighted by molar-refractivity contribution is 5.78. The van der Waals surface area contributed by atoms with Crippen molar-refractivity contribution in [3.05, 3.63) is 72.6 Å². The third kappa shape index (κ3) is 3.57. The molecule has 0 aliphatic heterocycles. The minimum absolute atomic E-state index is 0.160. The third-order valence-corrected chi connectivity index (χ3v) is 3.27. The van der Waals surface area contributed by atoms with E-state index in [0.717, 1.165) is 5.56 Å². The molecule has 0 bridgehead atoms. The molecule has 0 aliphatic carbocycles. The highest BCUT2D eigenvalue weighted by Crippen LogP contribution is 2.26. The number of halogens is 1. The van der Waals surface area contributed by atoms with Crippen molar-refractivity contribution in [2.45, 2.75) is 12.8 Å². The van der Waals surface area contributed by atoms with E-state index in [4.69, 9.17) is 4.74 Å². The Kier molecular flexibility index (Phi) is 4.88. The van der Waals surface area contributed by atoms with Gasteiger partial charge in [-0.15, -0.1) is 0 Å². The van der Waals surface area contributed by atoms with Crippen LogP contribution in [-0.2, 0) is 9.53 Å². The maximum Gasteiger partial charge on any atom is 0.313 e. The average Bonchev–Trinajstić information content (AvgIpc) is 2.52. The molecule has 0 saturated carbocycles. The molecule has 1 atom stereocenters. The van der Waals surface area contributed by atoms with Crippen LogP contribution in [-0.4, -0.2) is 12.6 Å². The summed E-state index contributed by atoms with van der Waals surface area (Å²) in [7, 11) is 0. The quantitative estimate of drug-likeness (QED) is 0.603. The Morgan fingerprint density at radius 3 is 2.62 bits per heavy atom. The molecule has 0 radical (unpaired) electrons. The summed E-state index contributed by atoms with van der Waals surface area (Å²) in [6, 6.07) is 14.1. The van der Waals surface area contributed by atoms with Gasteiger partial charge in [-0.1, -0.05) is 55.1 Å². The standard InChI is InChI=1S/C18H17FO2/c1-3-11-21-18(20)13(2)15-9-10-16(17(19)12-15)14-7-5-4-6-8-14/h3-10,12-13H,1,11H2,2H3/t13-/m0/s1. The average molecular weight is 284 g/mol. The minimum Gasteiger partial charge on any atom is -0.461 e. The van der Waals surface area contributed by atoms with Gasteiger partial charge in [-0.2, -0.15) is 0 Å². The van der Waals surface area contributed by atoms with Crippen LogP contribution in [0, 0.1) is 5.82 Å². The monoisotopic (exact) mass is 284 g/mol. The van der Waals surface area contributed by atoms with Gasteiger partial charge in [-0.3, -0.25) is 4.79 Å².